The fourth-order valence-corrected chi connectivity index (χ4v) is 1.66. The number of nitrogens with zero attached hydrogens (tertiary/aromatic N) is 1. The number of ether oxygens (including phenoxy) is 2. The monoisotopic (exact) mass is 360 g/mol. The van der Waals surface area contributed by atoms with E-state index in [1.165, 1.54) is 0 Å². The van der Waals surface area contributed by atoms with E-state index in [-0.39, 0.29) is 23.4 Å². The van der Waals surface area contributed by atoms with Crippen molar-refractivity contribution >= 4 is 33.6 Å². The van der Waals surface area contributed by atoms with E-state index in [1.54, 1.807) is 13.8 Å². The first kappa shape index (κ1) is 16.9. The maximum absolute atomic E-state index is 11.9. The maximum Gasteiger partial charge on any atom is 0.355 e. The summed E-state index contributed by atoms with van der Waals surface area (Å²) in [6.45, 7) is 3.33. The minimum Gasteiger partial charge on any atom is -0.463 e. The van der Waals surface area contributed by atoms with Crippen LogP contribution < -0.4 is 11.2 Å². The molecule has 1 aromatic heterocycles. The Bertz CT molecular complexity index is 688. The molecule has 9 heteroatoms. The second-order valence-corrected chi connectivity index (χ2v) is 4.46. The first-order valence-corrected chi connectivity index (χ1v) is 6.77. The molecule has 1 aromatic rings. The van der Waals surface area contributed by atoms with Gasteiger partial charge < -0.3 is 9.47 Å². The summed E-state index contributed by atoms with van der Waals surface area (Å²) in [5.41, 5.74) is -1.90. The molecule has 0 saturated heterocycles. The quantitative estimate of drug-likeness (QED) is 0.596. The molecular weight excluding hydrogens is 348 g/mol. The first-order chi connectivity index (χ1) is 9.90. The third-order valence-electron chi connectivity index (χ3n) is 2.18. The lowest BCUT2D eigenvalue weighted by atomic mass is 10.3. The van der Waals surface area contributed by atoms with Crippen molar-refractivity contribution in [2.75, 3.05) is 13.2 Å². The predicted octanol–water partition coefficient (Wildman–Crippen LogP) is 0.266. The highest BCUT2D eigenvalue weighted by atomic mass is 79.9. The summed E-state index contributed by atoms with van der Waals surface area (Å²) in [5, 5.41) is 0. The molecule has 0 aliphatic heterocycles. The summed E-state index contributed by atoms with van der Waals surface area (Å²) in [6, 6.07) is 0. The van der Waals surface area contributed by atoms with Crippen LogP contribution in [0.5, 0.6) is 0 Å². The molecular formula is C12H13BrN2O6. The number of aromatic nitrogens is 2. The highest BCUT2D eigenvalue weighted by Gasteiger charge is 2.18. The number of esters is 2. The summed E-state index contributed by atoms with van der Waals surface area (Å²) in [5.74, 6) is -1.71. The number of carbonyl (C=O) groups is 2. The van der Waals surface area contributed by atoms with Crippen molar-refractivity contribution in [1.29, 1.82) is 0 Å². The Hall–Kier alpha value is -2.16. The Morgan fingerprint density at radius 2 is 1.90 bits per heavy atom. The molecule has 0 fully saturated rings. The molecule has 0 amide bonds. The molecule has 0 radical (unpaired) electrons. The van der Waals surface area contributed by atoms with Crippen molar-refractivity contribution < 1.29 is 19.1 Å². The second kappa shape index (κ2) is 7.58. The Balaban J connectivity index is 3.41. The summed E-state index contributed by atoms with van der Waals surface area (Å²) in [4.78, 5) is 48.4. The van der Waals surface area contributed by atoms with Crippen LogP contribution in [0, 0.1) is 0 Å². The van der Waals surface area contributed by atoms with Crippen LogP contribution in [0.15, 0.2) is 26.3 Å². The van der Waals surface area contributed by atoms with E-state index < -0.39 is 23.2 Å². The van der Waals surface area contributed by atoms with E-state index in [0.717, 1.165) is 16.8 Å². The average molecular weight is 361 g/mol. The molecule has 1 heterocycles. The van der Waals surface area contributed by atoms with Crippen molar-refractivity contribution in [1.82, 2.24) is 9.55 Å². The summed E-state index contributed by atoms with van der Waals surface area (Å²) in [6.07, 6.45) is 1.90. The zero-order valence-electron chi connectivity index (χ0n) is 11.3. The molecule has 0 saturated carbocycles. The van der Waals surface area contributed by atoms with Crippen molar-refractivity contribution in [2.24, 2.45) is 0 Å². The van der Waals surface area contributed by atoms with Gasteiger partial charge in [0.15, 0.2) is 0 Å². The van der Waals surface area contributed by atoms with Gasteiger partial charge in [0, 0.05) is 6.20 Å². The van der Waals surface area contributed by atoms with E-state index in [0.29, 0.717) is 0 Å². The van der Waals surface area contributed by atoms with Gasteiger partial charge >= 0.3 is 17.6 Å². The topological polar surface area (TPSA) is 107 Å². The molecule has 1 N–H and O–H groups in total. The van der Waals surface area contributed by atoms with Gasteiger partial charge in [-0.3, -0.25) is 14.3 Å². The number of aromatic amines is 1. The SMILES string of the molecule is CCOC(=O)/C=C(/C(=O)OCC)n1cc(Br)c(=O)[nH]c1=O. The van der Waals surface area contributed by atoms with Gasteiger partial charge in [0.05, 0.1) is 23.8 Å². The smallest absolute Gasteiger partial charge is 0.355 e. The van der Waals surface area contributed by atoms with Crippen LogP contribution in [0.25, 0.3) is 5.70 Å². The molecule has 8 nitrogen and oxygen atoms in total. The number of H-pyrrole nitrogens is 1. The Morgan fingerprint density at radius 1 is 1.29 bits per heavy atom. The molecule has 21 heavy (non-hydrogen) atoms. The predicted molar refractivity (Wildman–Crippen MR) is 76.6 cm³/mol. The number of halogens is 1. The van der Waals surface area contributed by atoms with Gasteiger partial charge in [-0.25, -0.2) is 14.4 Å². The van der Waals surface area contributed by atoms with E-state index in [9.17, 15) is 19.2 Å². The molecule has 0 aliphatic carbocycles. The number of hydrogen-bond donors (Lipinski definition) is 1. The standard InChI is InChI=1S/C12H13BrN2O6/c1-3-20-9(16)5-8(11(18)21-4-2)15-6-7(13)10(17)14-12(15)19/h5-6H,3-4H2,1-2H3,(H,14,17,19)/b8-5-. The number of carbonyl (C=O) groups excluding carboxylic acids is 2. The highest BCUT2D eigenvalue weighted by molar-refractivity contribution is 9.10. The second-order valence-electron chi connectivity index (χ2n) is 3.61. The van der Waals surface area contributed by atoms with Crippen LogP contribution in [-0.4, -0.2) is 34.7 Å². The van der Waals surface area contributed by atoms with Gasteiger partial charge in [-0.2, -0.15) is 0 Å². The molecule has 0 aromatic carbocycles. The minimum atomic E-state index is -0.897. The van der Waals surface area contributed by atoms with E-state index in [4.69, 9.17) is 9.47 Å². The molecule has 1 rings (SSSR count). The van der Waals surface area contributed by atoms with Gasteiger partial charge in [0.2, 0.25) is 0 Å². The van der Waals surface area contributed by atoms with Crippen LogP contribution in [0.1, 0.15) is 13.8 Å². The highest BCUT2D eigenvalue weighted by Crippen LogP contribution is 2.08. The summed E-state index contributed by atoms with van der Waals surface area (Å²) < 4.78 is 10.3. The summed E-state index contributed by atoms with van der Waals surface area (Å²) >= 11 is 2.93. The molecule has 114 valence electrons. The lowest BCUT2D eigenvalue weighted by Gasteiger charge is -2.09. The van der Waals surface area contributed by atoms with Gasteiger partial charge in [-0.05, 0) is 29.8 Å². The lowest BCUT2D eigenvalue weighted by Crippen LogP contribution is -2.32. The van der Waals surface area contributed by atoms with E-state index in [1.807, 2.05) is 4.98 Å². The third kappa shape index (κ3) is 4.42. The molecule has 0 spiro atoms. The fraction of sp³-hybridized carbons (Fsp3) is 0.333. The van der Waals surface area contributed by atoms with Gasteiger partial charge in [0.1, 0.15) is 5.70 Å². The molecule has 0 atom stereocenters. The van der Waals surface area contributed by atoms with Gasteiger partial charge in [-0.15, -0.1) is 0 Å². The van der Waals surface area contributed by atoms with Gasteiger partial charge in [0.25, 0.3) is 5.56 Å². The van der Waals surface area contributed by atoms with Crippen LogP contribution in [0.4, 0.5) is 0 Å². The van der Waals surface area contributed by atoms with Crippen molar-refractivity contribution in [3.05, 3.63) is 37.6 Å². The Morgan fingerprint density at radius 3 is 2.48 bits per heavy atom. The first-order valence-electron chi connectivity index (χ1n) is 5.98. The number of hydrogen-bond acceptors (Lipinski definition) is 6. The largest absolute Gasteiger partial charge is 0.463 e. The Labute approximate surface area is 127 Å². The third-order valence-corrected chi connectivity index (χ3v) is 2.75. The average Bonchev–Trinajstić information content (AvgIpc) is 2.41. The lowest BCUT2D eigenvalue weighted by molar-refractivity contribution is -0.139. The fourth-order valence-electron chi connectivity index (χ4n) is 1.35. The van der Waals surface area contributed by atoms with Gasteiger partial charge in [-0.1, -0.05) is 0 Å². The van der Waals surface area contributed by atoms with E-state index >= 15 is 0 Å². The number of rotatable bonds is 5. The van der Waals surface area contributed by atoms with Crippen LogP contribution in [0.3, 0.4) is 0 Å². The minimum absolute atomic E-state index is 0.0150. The van der Waals surface area contributed by atoms with Crippen molar-refractivity contribution in [2.45, 2.75) is 13.8 Å². The maximum atomic E-state index is 11.9. The zero-order chi connectivity index (χ0) is 16.0. The molecule has 0 unspecified atom stereocenters. The van der Waals surface area contributed by atoms with Crippen LogP contribution in [-0.2, 0) is 19.1 Å². The van der Waals surface area contributed by atoms with Crippen LogP contribution in [0.2, 0.25) is 0 Å². The van der Waals surface area contributed by atoms with Crippen molar-refractivity contribution in [3.63, 3.8) is 0 Å². The van der Waals surface area contributed by atoms with E-state index in [2.05, 4.69) is 15.9 Å². The van der Waals surface area contributed by atoms with Crippen molar-refractivity contribution in [3.8, 4) is 0 Å². The van der Waals surface area contributed by atoms with Crippen LogP contribution >= 0.6 is 15.9 Å². The summed E-state index contributed by atoms with van der Waals surface area (Å²) in [7, 11) is 0. The Kier molecular flexibility index (Phi) is 6.10. The zero-order valence-corrected chi connectivity index (χ0v) is 12.9. The number of nitrogens with one attached hydrogen (secondary N) is 1. The molecule has 0 bridgehead atoms. The molecule has 0 aliphatic rings. The normalized spacial score (nSPS) is 11.1.